The Morgan fingerprint density at radius 2 is 2.09 bits per heavy atom. The summed E-state index contributed by atoms with van der Waals surface area (Å²) in [6, 6.07) is 1.85. The highest BCUT2D eigenvalue weighted by atomic mass is 31.1. The molecule has 1 aromatic rings. The maximum atomic E-state index is 4.15. The lowest BCUT2D eigenvalue weighted by Gasteiger charge is -1.96. The average Bonchev–Trinajstić information content (AvgIpc) is 2.07. The van der Waals surface area contributed by atoms with E-state index >= 15 is 0 Å². The zero-order chi connectivity index (χ0) is 7.94. The molecule has 3 heteroatoms. The van der Waals surface area contributed by atoms with Crippen molar-refractivity contribution in [3.8, 4) is 0 Å². The Morgan fingerprint density at radius 1 is 1.36 bits per heavy atom. The van der Waals surface area contributed by atoms with Gasteiger partial charge in [-0.05, 0) is 27.2 Å². The van der Waals surface area contributed by atoms with Crippen molar-refractivity contribution in [1.82, 2.24) is 9.97 Å². The molecule has 0 bridgehead atoms. The molecule has 1 rings (SSSR count). The zero-order valence-corrected chi connectivity index (χ0v) is 7.75. The van der Waals surface area contributed by atoms with Crippen molar-refractivity contribution in [2.45, 2.75) is 19.8 Å². The summed E-state index contributed by atoms with van der Waals surface area (Å²) < 4.78 is 0. The Morgan fingerprint density at radius 3 is 2.73 bits per heavy atom. The van der Waals surface area contributed by atoms with Crippen LogP contribution in [0.25, 0.3) is 0 Å². The summed E-state index contributed by atoms with van der Waals surface area (Å²) in [6.45, 7) is 2.20. The molecule has 11 heavy (non-hydrogen) atoms. The minimum absolute atomic E-state index is 0.789. The smallest absolute Gasteiger partial charge is 0.147 e. The molecule has 0 spiro atoms. The Balaban J connectivity index is 2.28. The van der Waals surface area contributed by atoms with Crippen LogP contribution in [0.4, 0.5) is 0 Å². The van der Waals surface area contributed by atoms with Crippen LogP contribution in [0, 0.1) is 0 Å². The van der Waals surface area contributed by atoms with Gasteiger partial charge in [0.1, 0.15) is 5.57 Å². The number of unbranched alkanes of at least 4 members (excludes halogenated alkanes) is 1. The molecular formula is C8H13N2P. The normalized spacial score (nSPS) is 11.0. The molecule has 0 aliphatic carbocycles. The summed E-state index contributed by atoms with van der Waals surface area (Å²) in [4.78, 5) is 8.30. The Hall–Kier alpha value is -0.490. The first-order chi connectivity index (χ1) is 5.43. The van der Waals surface area contributed by atoms with Crippen LogP contribution in [-0.4, -0.2) is 16.1 Å². The van der Waals surface area contributed by atoms with Gasteiger partial charge in [0.15, 0.2) is 0 Å². The largest absolute Gasteiger partial charge is 0.237 e. The van der Waals surface area contributed by atoms with E-state index in [1.54, 1.807) is 12.4 Å². The first kappa shape index (κ1) is 8.61. The lowest BCUT2D eigenvalue weighted by molar-refractivity contribution is 0.895. The van der Waals surface area contributed by atoms with Gasteiger partial charge in [-0.3, -0.25) is 0 Å². The minimum atomic E-state index is 0.789. The van der Waals surface area contributed by atoms with Crippen molar-refractivity contribution < 1.29 is 0 Å². The Bertz CT molecular complexity index is 189. The third kappa shape index (κ3) is 3.43. The van der Waals surface area contributed by atoms with E-state index in [1.165, 1.54) is 19.0 Å². The number of hydrogen-bond acceptors (Lipinski definition) is 2. The van der Waals surface area contributed by atoms with Gasteiger partial charge in [0.2, 0.25) is 0 Å². The van der Waals surface area contributed by atoms with E-state index in [0.717, 1.165) is 14.1 Å². The first-order valence-corrected chi connectivity index (χ1v) is 5.15. The molecule has 0 aliphatic rings. The monoisotopic (exact) mass is 168 g/mol. The number of rotatable bonds is 4. The maximum absolute atomic E-state index is 4.15. The van der Waals surface area contributed by atoms with E-state index in [9.17, 15) is 0 Å². The van der Waals surface area contributed by atoms with E-state index in [2.05, 4.69) is 16.9 Å². The molecule has 0 saturated carbocycles. The summed E-state index contributed by atoms with van der Waals surface area (Å²) in [5, 5.41) is 0. The van der Waals surface area contributed by atoms with E-state index in [0.29, 0.717) is 0 Å². The molecule has 0 fully saturated rings. The van der Waals surface area contributed by atoms with Gasteiger partial charge >= 0.3 is 0 Å². The first-order valence-electron chi connectivity index (χ1n) is 3.94. The van der Waals surface area contributed by atoms with Crippen LogP contribution in [0.15, 0.2) is 18.5 Å². The van der Waals surface area contributed by atoms with Crippen molar-refractivity contribution >= 4 is 14.1 Å². The highest BCUT2D eigenvalue weighted by Gasteiger charge is 1.91. The maximum Gasteiger partial charge on any atom is 0.147 e. The third-order valence-electron chi connectivity index (χ3n) is 1.38. The van der Waals surface area contributed by atoms with Gasteiger partial charge in [0.25, 0.3) is 0 Å². The predicted octanol–water partition coefficient (Wildman–Crippen LogP) is 1.58. The molecule has 60 valence electrons. The molecule has 0 saturated heterocycles. The Kier molecular flexibility index (Phi) is 4.07. The second-order valence-electron chi connectivity index (χ2n) is 2.35. The second kappa shape index (κ2) is 5.20. The van der Waals surface area contributed by atoms with Crippen LogP contribution < -0.4 is 5.57 Å². The average molecular weight is 168 g/mol. The number of aromatic nitrogens is 2. The van der Waals surface area contributed by atoms with Gasteiger partial charge in [0, 0.05) is 12.4 Å². The van der Waals surface area contributed by atoms with Crippen LogP contribution >= 0.6 is 8.58 Å². The molecule has 0 aliphatic heterocycles. The summed E-state index contributed by atoms with van der Waals surface area (Å²) in [7, 11) is 0.789. The summed E-state index contributed by atoms with van der Waals surface area (Å²) in [5.74, 6) is 0. The van der Waals surface area contributed by atoms with Crippen molar-refractivity contribution in [1.29, 1.82) is 0 Å². The molecule has 1 heterocycles. The van der Waals surface area contributed by atoms with Crippen LogP contribution in [0.5, 0.6) is 0 Å². The number of hydrogen-bond donors (Lipinski definition) is 0. The molecule has 0 amide bonds. The quantitative estimate of drug-likeness (QED) is 0.504. The molecule has 2 nitrogen and oxygen atoms in total. The molecule has 1 unspecified atom stereocenters. The van der Waals surface area contributed by atoms with Crippen molar-refractivity contribution in [3.05, 3.63) is 18.5 Å². The van der Waals surface area contributed by atoms with Gasteiger partial charge in [-0.15, -0.1) is 0 Å². The van der Waals surface area contributed by atoms with Crippen LogP contribution in [-0.2, 0) is 0 Å². The zero-order valence-electron chi connectivity index (χ0n) is 6.75. The molecule has 0 radical (unpaired) electrons. The van der Waals surface area contributed by atoms with Gasteiger partial charge in [-0.25, -0.2) is 9.97 Å². The topological polar surface area (TPSA) is 25.8 Å². The van der Waals surface area contributed by atoms with E-state index in [-0.39, 0.29) is 0 Å². The highest BCUT2D eigenvalue weighted by molar-refractivity contribution is 7.46. The number of nitrogens with zero attached hydrogens (tertiary/aromatic N) is 2. The van der Waals surface area contributed by atoms with Gasteiger partial charge in [-0.1, -0.05) is 13.3 Å². The fourth-order valence-corrected chi connectivity index (χ4v) is 1.85. The standard InChI is InChI=1S/C8H13N2P/c1-2-3-7-11-8-9-5-4-6-10-8/h4-6,11H,2-3,7H2,1H3. The molecule has 0 N–H and O–H groups in total. The SMILES string of the molecule is CCCCPc1ncccn1. The van der Waals surface area contributed by atoms with E-state index < -0.39 is 0 Å². The van der Waals surface area contributed by atoms with Crippen molar-refractivity contribution in [3.63, 3.8) is 0 Å². The summed E-state index contributed by atoms with van der Waals surface area (Å²) >= 11 is 0. The Labute approximate surface area is 69.2 Å². The molecular weight excluding hydrogens is 155 g/mol. The summed E-state index contributed by atoms with van der Waals surface area (Å²) in [5.41, 5.74) is 1.00. The second-order valence-corrected chi connectivity index (χ2v) is 3.65. The third-order valence-corrected chi connectivity index (χ3v) is 2.56. The van der Waals surface area contributed by atoms with Gasteiger partial charge < -0.3 is 0 Å². The van der Waals surface area contributed by atoms with E-state index in [4.69, 9.17) is 0 Å². The highest BCUT2D eigenvalue weighted by Crippen LogP contribution is 2.08. The van der Waals surface area contributed by atoms with Gasteiger partial charge in [0.05, 0.1) is 0 Å². The summed E-state index contributed by atoms with van der Waals surface area (Å²) in [6.07, 6.45) is 7.40. The lowest BCUT2D eigenvalue weighted by atomic mass is 10.4. The predicted molar refractivity (Wildman–Crippen MR) is 49.8 cm³/mol. The molecule has 1 atom stereocenters. The molecule has 1 aromatic heterocycles. The van der Waals surface area contributed by atoms with E-state index in [1.807, 2.05) is 6.07 Å². The molecule has 0 aromatic carbocycles. The van der Waals surface area contributed by atoms with Crippen LogP contribution in [0.3, 0.4) is 0 Å². The minimum Gasteiger partial charge on any atom is -0.237 e. The van der Waals surface area contributed by atoms with Crippen molar-refractivity contribution in [2.24, 2.45) is 0 Å². The van der Waals surface area contributed by atoms with Crippen LogP contribution in [0.2, 0.25) is 0 Å². The fourth-order valence-electron chi connectivity index (χ4n) is 0.767. The van der Waals surface area contributed by atoms with Crippen molar-refractivity contribution in [2.75, 3.05) is 6.16 Å². The fraction of sp³-hybridized carbons (Fsp3) is 0.500. The lowest BCUT2D eigenvalue weighted by Crippen LogP contribution is -2.04. The van der Waals surface area contributed by atoms with Crippen LogP contribution in [0.1, 0.15) is 19.8 Å². The van der Waals surface area contributed by atoms with Gasteiger partial charge in [-0.2, -0.15) is 0 Å².